The van der Waals surface area contributed by atoms with Gasteiger partial charge in [-0.1, -0.05) is 0 Å². The van der Waals surface area contributed by atoms with Crippen LogP contribution in [0, 0.1) is 0 Å². The molecular weight excluding hydrogens is 282 g/mol. The molecule has 0 saturated carbocycles. The number of halogens is 2. The molecule has 1 fully saturated rings. The van der Waals surface area contributed by atoms with E-state index in [0.29, 0.717) is 0 Å². The van der Waals surface area contributed by atoms with Gasteiger partial charge in [0.1, 0.15) is 12.7 Å². The van der Waals surface area contributed by atoms with E-state index in [-0.39, 0.29) is 0 Å². The number of carbonyl (C=O) groups excluding carboxylic acids is 3. The summed E-state index contributed by atoms with van der Waals surface area (Å²) in [4.78, 5) is 32.3. The van der Waals surface area contributed by atoms with Crippen molar-refractivity contribution in [1.29, 1.82) is 0 Å². The maximum Gasteiger partial charge on any atom is 0.347 e. The van der Waals surface area contributed by atoms with Gasteiger partial charge in [-0.3, -0.25) is 14.4 Å². The van der Waals surface area contributed by atoms with Gasteiger partial charge in [-0.2, -0.15) is 8.78 Å². The van der Waals surface area contributed by atoms with Crippen LogP contribution in [0.3, 0.4) is 0 Å². The largest absolute Gasteiger partial charge is 0.463 e. The van der Waals surface area contributed by atoms with Crippen LogP contribution in [0.4, 0.5) is 8.78 Å². The van der Waals surface area contributed by atoms with Crippen LogP contribution < -0.4 is 0 Å². The molecule has 7 nitrogen and oxygen atoms in total. The summed E-state index contributed by atoms with van der Waals surface area (Å²) < 4.78 is 46.1. The molecule has 1 aliphatic heterocycles. The summed E-state index contributed by atoms with van der Waals surface area (Å²) in [6.45, 7) is 2.40. The second-order valence-corrected chi connectivity index (χ2v) is 4.12. The summed E-state index contributed by atoms with van der Waals surface area (Å²) in [7, 11) is 0. The van der Waals surface area contributed by atoms with Gasteiger partial charge in [0, 0.05) is 20.8 Å². The molecule has 1 heterocycles. The lowest BCUT2D eigenvalue weighted by molar-refractivity contribution is -0.225. The topological polar surface area (TPSA) is 88.1 Å². The summed E-state index contributed by atoms with van der Waals surface area (Å²) in [6.07, 6.45) is -5.64. The fourth-order valence-electron chi connectivity index (χ4n) is 1.62. The highest BCUT2D eigenvalue weighted by Gasteiger charge is 2.63. The molecule has 20 heavy (non-hydrogen) atoms. The minimum absolute atomic E-state index is 0.555. The molecule has 3 atom stereocenters. The van der Waals surface area contributed by atoms with E-state index >= 15 is 0 Å². The van der Waals surface area contributed by atoms with E-state index < -0.39 is 48.9 Å². The second kappa shape index (κ2) is 6.12. The zero-order valence-electron chi connectivity index (χ0n) is 11.1. The van der Waals surface area contributed by atoms with Crippen molar-refractivity contribution in [3.8, 4) is 0 Å². The van der Waals surface area contributed by atoms with Crippen molar-refractivity contribution in [1.82, 2.24) is 0 Å². The van der Waals surface area contributed by atoms with E-state index in [2.05, 4.69) is 14.2 Å². The van der Waals surface area contributed by atoms with Crippen molar-refractivity contribution < 1.29 is 42.1 Å². The van der Waals surface area contributed by atoms with Gasteiger partial charge in [-0.25, -0.2) is 0 Å². The van der Waals surface area contributed by atoms with Crippen molar-refractivity contribution in [2.24, 2.45) is 0 Å². The van der Waals surface area contributed by atoms with Crippen LogP contribution >= 0.6 is 0 Å². The Balaban J connectivity index is 2.88. The first-order chi connectivity index (χ1) is 9.14. The van der Waals surface area contributed by atoms with Gasteiger partial charge in [-0.05, 0) is 0 Å². The van der Waals surface area contributed by atoms with Gasteiger partial charge < -0.3 is 18.9 Å². The van der Waals surface area contributed by atoms with Crippen molar-refractivity contribution in [3.05, 3.63) is 0 Å². The number of alkyl halides is 2. The molecule has 0 amide bonds. The van der Waals surface area contributed by atoms with Crippen LogP contribution in [0.15, 0.2) is 0 Å². The van der Waals surface area contributed by atoms with E-state index in [1.807, 2.05) is 0 Å². The Morgan fingerprint density at radius 3 is 2.05 bits per heavy atom. The molecule has 1 unspecified atom stereocenters. The molecule has 0 aromatic carbocycles. The van der Waals surface area contributed by atoms with E-state index in [9.17, 15) is 23.2 Å². The molecule has 0 aliphatic carbocycles. The lowest BCUT2D eigenvalue weighted by atomic mass is 10.1. The molecule has 0 spiro atoms. The number of hydrogen-bond donors (Lipinski definition) is 0. The Bertz CT molecular complexity index is 410. The zero-order chi connectivity index (χ0) is 15.5. The Hall–Kier alpha value is -1.77. The molecule has 0 aromatic heterocycles. The van der Waals surface area contributed by atoms with Gasteiger partial charge in [0.05, 0.1) is 0 Å². The minimum Gasteiger partial charge on any atom is -0.463 e. The average Bonchev–Trinajstić information content (AvgIpc) is 2.49. The summed E-state index contributed by atoms with van der Waals surface area (Å²) in [5.41, 5.74) is 0. The van der Waals surface area contributed by atoms with E-state index in [1.165, 1.54) is 0 Å². The van der Waals surface area contributed by atoms with Crippen LogP contribution in [0.1, 0.15) is 20.8 Å². The van der Waals surface area contributed by atoms with Crippen LogP contribution in [0.5, 0.6) is 0 Å². The molecule has 0 aromatic rings. The number of rotatable bonds is 4. The van der Waals surface area contributed by atoms with Gasteiger partial charge in [0.25, 0.3) is 6.29 Å². The molecule has 114 valence electrons. The monoisotopic (exact) mass is 296 g/mol. The first-order valence-electron chi connectivity index (χ1n) is 5.65. The normalized spacial score (nSPS) is 27.8. The highest BCUT2D eigenvalue weighted by atomic mass is 19.3. The lowest BCUT2D eigenvalue weighted by Gasteiger charge is -2.22. The Morgan fingerprint density at radius 2 is 1.60 bits per heavy atom. The highest BCUT2D eigenvalue weighted by Crippen LogP contribution is 2.39. The molecule has 0 bridgehead atoms. The van der Waals surface area contributed by atoms with Crippen LogP contribution in [0.2, 0.25) is 0 Å². The van der Waals surface area contributed by atoms with Crippen molar-refractivity contribution in [2.45, 2.75) is 45.2 Å². The zero-order valence-corrected chi connectivity index (χ0v) is 11.1. The number of carbonyl (C=O) groups is 3. The lowest BCUT2D eigenvalue weighted by Crippen LogP contribution is -2.45. The Morgan fingerprint density at radius 1 is 1.05 bits per heavy atom. The summed E-state index contributed by atoms with van der Waals surface area (Å²) in [5.74, 6) is -6.41. The molecule has 1 aliphatic rings. The summed E-state index contributed by atoms with van der Waals surface area (Å²) in [5, 5.41) is 0. The molecular formula is C11H14F2O7. The first-order valence-corrected chi connectivity index (χ1v) is 5.65. The molecule has 1 rings (SSSR count). The van der Waals surface area contributed by atoms with Crippen LogP contribution in [-0.2, 0) is 33.3 Å². The van der Waals surface area contributed by atoms with Gasteiger partial charge in [0.15, 0.2) is 0 Å². The molecule has 0 N–H and O–H groups in total. The fraction of sp³-hybridized carbons (Fsp3) is 0.727. The van der Waals surface area contributed by atoms with E-state index in [1.54, 1.807) is 0 Å². The number of ether oxygens (including phenoxy) is 4. The van der Waals surface area contributed by atoms with Crippen molar-refractivity contribution in [2.75, 3.05) is 6.61 Å². The smallest absolute Gasteiger partial charge is 0.347 e. The summed E-state index contributed by atoms with van der Waals surface area (Å²) in [6, 6.07) is 0. The number of hydrogen-bond acceptors (Lipinski definition) is 7. The SMILES string of the molecule is CC(=O)OC[C@H]1OC(OC(C)=O)C(F)(F)[C@@H]1OC(C)=O. The maximum absolute atomic E-state index is 13.9. The standard InChI is InChI=1S/C11H14F2O7/c1-5(14)17-4-8-9(18-6(2)15)11(12,13)10(20-8)19-7(3)16/h8-10H,4H2,1-3H3/t8-,9-,10?/m1/s1. The first kappa shape index (κ1) is 16.3. The fourth-order valence-corrected chi connectivity index (χ4v) is 1.62. The third kappa shape index (κ3) is 3.86. The Kier molecular flexibility index (Phi) is 4.98. The predicted octanol–water partition coefficient (Wildman–Crippen LogP) is 0.405. The molecule has 0 radical (unpaired) electrons. The van der Waals surface area contributed by atoms with Gasteiger partial charge in [0.2, 0.25) is 6.10 Å². The van der Waals surface area contributed by atoms with Gasteiger partial charge in [-0.15, -0.1) is 0 Å². The summed E-state index contributed by atoms with van der Waals surface area (Å²) >= 11 is 0. The quantitative estimate of drug-likeness (QED) is 0.548. The molecule has 1 saturated heterocycles. The third-order valence-electron chi connectivity index (χ3n) is 2.35. The van der Waals surface area contributed by atoms with Crippen LogP contribution in [-0.4, -0.2) is 48.9 Å². The van der Waals surface area contributed by atoms with Crippen molar-refractivity contribution in [3.63, 3.8) is 0 Å². The number of esters is 3. The predicted molar refractivity (Wildman–Crippen MR) is 57.6 cm³/mol. The average molecular weight is 296 g/mol. The van der Waals surface area contributed by atoms with Crippen molar-refractivity contribution >= 4 is 17.9 Å². The third-order valence-corrected chi connectivity index (χ3v) is 2.35. The second-order valence-electron chi connectivity index (χ2n) is 4.12. The van der Waals surface area contributed by atoms with Gasteiger partial charge >= 0.3 is 23.8 Å². The highest BCUT2D eigenvalue weighted by molar-refractivity contribution is 5.67. The minimum atomic E-state index is -3.75. The maximum atomic E-state index is 13.9. The molecule has 9 heteroatoms. The Labute approximate surface area is 113 Å². The van der Waals surface area contributed by atoms with E-state index in [4.69, 9.17) is 4.74 Å². The van der Waals surface area contributed by atoms with E-state index in [0.717, 1.165) is 20.8 Å². The van der Waals surface area contributed by atoms with Crippen LogP contribution in [0.25, 0.3) is 0 Å².